The molecule has 0 aliphatic carbocycles. The highest BCUT2D eigenvalue weighted by Crippen LogP contribution is 2.44. The molecule has 5 rings (SSSR count). The van der Waals surface area contributed by atoms with Gasteiger partial charge in [-0.2, -0.15) is 13.2 Å². The summed E-state index contributed by atoms with van der Waals surface area (Å²) < 4.78 is 74.2. The Labute approximate surface area is 191 Å². The molecule has 0 radical (unpaired) electrons. The number of anilines is 1. The van der Waals surface area contributed by atoms with Crippen LogP contribution >= 0.6 is 0 Å². The first kappa shape index (κ1) is 23.2. The van der Waals surface area contributed by atoms with Crippen molar-refractivity contribution < 1.29 is 46.1 Å². The van der Waals surface area contributed by atoms with E-state index in [9.17, 15) is 22.8 Å². The van der Waals surface area contributed by atoms with E-state index in [1.165, 1.54) is 6.07 Å². The fraction of sp³-hybridized carbons (Fsp3) is 0.545. The number of rotatable bonds is 2. The van der Waals surface area contributed by atoms with E-state index in [4.69, 9.17) is 28.1 Å². The number of hydrogen-bond donors (Lipinski definition) is 1. The van der Waals surface area contributed by atoms with Gasteiger partial charge in [0.15, 0.2) is 24.0 Å². The predicted molar refractivity (Wildman–Crippen MR) is 109 cm³/mol. The molecule has 34 heavy (non-hydrogen) atoms. The molecule has 4 heterocycles. The highest BCUT2D eigenvalue weighted by molar-refractivity contribution is 5.96. The lowest BCUT2D eigenvalue weighted by atomic mass is 9.98. The van der Waals surface area contributed by atoms with Crippen molar-refractivity contribution >= 4 is 22.6 Å². The van der Waals surface area contributed by atoms with Gasteiger partial charge in [0.25, 0.3) is 5.91 Å². The summed E-state index contributed by atoms with van der Waals surface area (Å²) in [6.07, 6.45) is -8.92. The number of hydrogen-bond acceptors (Lipinski definition) is 8. The van der Waals surface area contributed by atoms with E-state index >= 15 is 0 Å². The molecule has 0 spiro atoms. The highest BCUT2D eigenvalue weighted by atomic mass is 19.4. The van der Waals surface area contributed by atoms with Crippen molar-refractivity contribution in [3.63, 3.8) is 0 Å². The summed E-state index contributed by atoms with van der Waals surface area (Å²) in [7, 11) is 0. The van der Waals surface area contributed by atoms with Crippen molar-refractivity contribution in [3.05, 3.63) is 40.2 Å². The van der Waals surface area contributed by atoms with E-state index < -0.39 is 65.6 Å². The van der Waals surface area contributed by atoms with Gasteiger partial charge in [0.05, 0.1) is 5.56 Å². The first-order valence-corrected chi connectivity index (χ1v) is 10.6. The van der Waals surface area contributed by atoms with E-state index in [1.54, 1.807) is 27.7 Å². The zero-order valence-corrected chi connectivity index (χ0v) is 18.6. The molecule has 9 nitrogen and oxygen atoms in total. The molecule has 2 aromatic rings. The molecule has 184 valence electrons. The summed E-state index contributed by atoms with van der Waals surface area (Å²) in [6, 6.07) is 3.91. The Morgan fingerprint density at radius 3 is 2.29 bits per heavy atom. The van der Waals surface area contributed by atoms with E-state index in [2.05, 4.69) is 5.32 Å². The van der Waals surface area contributed by atoms with Crippen LogP contribution in [0, 0.1) is 0 Å². The number of nitrogens with one attached hydrogen (secondary N) is 1. The molecule has 1 N–H and O–H groups in total. The predicted octanol–water partition coefficient (Wildman–Crippen LogP) is 3.15. The van der Waals surface area contributed by atoms with Gasteiger partial charge in [-0.15, -0.1) is 0 Å². The van der Waals surface area contributed by atoms with E-state index in [1.807, 2.05) is 0 Å². The number of alkyl halides is 3. The van der Waals surface area contributed by atoms with Crippen LogP contribution in [0.2, 0.25) is 0 Å². The molecular formula is C22H22F3NO8. The van der Waals surface area contributed by atoms with Crippen LogP contribution in [-0.4, -0.2) is 48.2 Å². The summed E-state index contributed by atoms with van der Waals surface area (Å²) in [5, 5.41) is 2.27. The normalized spacial score (nSPS) is 31.8. The van der Waals surface area contributed by atoms with Crippen LogP contribution in [-0.2, 0) is 34.7 Å². The van der Waals surface area contributed by atoms with Crippen molar-refractivity contribution in [2.75, 3.05) is 5.32 Å². The second kappa shape index (κ2) is 7.49. The van der Waals surface area contributed by atoms with Crippen LogP contribution in [0.4, 0.5) is 18.9 Å². The van der Waals surface area contributed by atoms with Gasteiger partial charge in [-0.3, -0.25) is 4.79 Å². The smallest absolute Gasteiger partial charge is 0.417 e. The van der Waals surface area contributed by atoms with E-state index in [0.29, 0.717) is 6.07 Å². The van der Waals surface area contributed by atoms with Gasteiger partial charge in [0.1, 0.15) is 23.9 Å². The van der Waals surface area contributed by atoms with Crippen molar-refractivity contribution in [2.45, 2.75) is 76.2 Å². The number of ether oxygens (including phenoxy) is 5. The Morgan fingerprint density at radius 1 is 0.941 bits per heavy atom. The molecule has 3 aliphatic rings. The fourth-order valence-electron chi connectivity index (χ4n) is 4.51. The van der Waals surface area contributed by atoms with Crippen molar-refractivity contribution in [3.8, 4) is 0 Å². The van der Waals surface area contributed by atoms with Gasteiger partial charge in [-0.25, -0.2) is 4.79 Å². The minimum Gasteiger partial charge on any atom is -0.423 e. The quantitative estimate of drug-likeness (QED) is 0.647. The average Bonchev–Trinajstić information content (AvgIpc) is 3.19. The molecule has 0 unspecified atom stereocenters. The maximum Gasteiger partial charge on any atom is 0.417 e. The van der Waals surface area contributed by atoms with Gasteiger partial charge in [0, 0.05) is 23.2 Å². The zero-order chi connectivity index (χ0) is 24.6. The molecule has 1 aromatic carbocycles. The van der Waals surface area contributed by atoms with E-state index in [-0.39, 0.29) is 16.7 Å². The van der Waals surface area contributed by atoms with Crippen LogP contribution in [0.25, 0.3) is 11.0 Å². The first-order valence-electron chi connectivity index (χ1n) is 10.6. The monoisotopic (exact) mass is 485 g/mol. The minimum absolute atomic E-state index is 0.101. The lowest BCUT2D eigenvalue weighted by Crippen LogP contribution is -2.58. The minimum atomic E-state index is -4.75. The largest absolute Gasteiger partial charge is 0.423 e. The summed E-state index contributed by atoms with van der Waals surface area (Å²) in [5.41, 5.74) is -2.51. The number of amides is 1. The maximum absolute atomic E-state index is 13.3. The summed E-state index contributed by atoms with van der Waals surface area (Å²) in [6.45, 7) is 6.80. The molecule has 0 bridgehead atoms. The number of benzene rings is 1. The average molecular weight is 485 g/mol. The van der Waals surface area contributed by atoms with Crippen LogP contribution < -0.4 is 10.9 Å². The Bertz CT molecular complexity index is 1210. The molecule has 12 heteroatoms. The van der Waals surface area contributed by atoms with Crippen LogP contribution in [0.15, 0.2) is 33.5 Å². The summed E-state index contributed by atoms with van der Waals surface area (Å²) in [4.78, 5) is 24.8. The van der Waals surface area contributed by atoms with Crippen LogP contribution in [0.1, 0.15) is 33.3 Å². The Kier molecular flexibility index (Phi) is 5.12. The van der Waals surface area contributed by atoms with E-state index in [0.717, 1.165) is 12.1 Å². The number of carbonyl (C=O) groups excluding carboxylic acids is 1. The zero-order valence-electron chi connectivity index (χ0n) is 18.6. The molecule has 5 atom stereocenters. The first-order chi connectivity index (χ1) is 15.7. The third-order valence-electron chi connectivity index (χ3n) is 5.73. The van der Waals surface area contributed by atoms with Crippen molar-refractivity contribution in [2.24, 2.45) is 0 Å². The SMILES string of the molecule is CC1(C)O[C@H]2[C@@H](O1)[C@@H](C(=O)Nc1ccc3c(C(F)(F)F)cc(=O)oc3c1)O[C@H]1OC(C)(C)O[C@@H]12. The molecule has 1 amide bonds. The molecule has 3 aliphatic heterocycles. The number of fused-ring (bicyclic) bond motifs is 4. The second-order valence-corrected chi connectivity index (χ2v) is 9.27. The van der Waals surface area contributed by atoms with Crippen molar-refractivity contribution in [1.29, 1.82) is 0 Å². The van der Waals surface area contributed by atoms with Gasteiger partial charge in [-0.1, -0.05) is 0 Å². The van der Waals surface area contributed by atoms with Crippen LogP contribution in [0.5, 0.6) is 0 Å². The van der Waals surface area contributed by atoms with Crippen LogP contribution in [0.3, 0.4) is 0 Å². The maximum atomic E-state index is 13.3. The molecule has 3 fully saturated rings. The summed E-state index contributed by atoms with van der Waals surface area (Å²) >= 11 is 0. The molecular weight excluding hydrogens is 463 g/mol. The molecule has 0 saturated carbocycles. The van der Waals surface area contributed by atoms with Gasteiger partial charge in [0.2, 0.25) is 0 Å². The van der Waals surface area contributed by atoms with Gasteiger partial charge < -0.3 is 33.4 Å². The Morgan fingerprint density at radius 2 is 1.59 bits per heavy atom. The standard InChI is InChI=1S/C22H22F3NO8/c1-20(2)31-14-15(32-20)17-19(34-21(3,4)33-17)30-16(14)18(28)26-9-5-6-10-11(22(23,24)25)8-13(27)29-12(10)7-9/h5-8,14-17,19H,1-4H3,(H,26,28)/t14-,15+,16+,17-,19+/m1/s1. The second-order valence-electron chi connectivity index (χ2n) is 9.27. The summed E-state index contributed by atoms with van der Waals surface area (Å²) in [5.74, 6) is -2.62. The number of carbonyl (C=O) groups is 1. The lowest BCUT2D eigenvalue weighted by molar-refractivity contribution is -0.229. The lowest BCUT2D eigenvalue weighted by Gasteiger charge is -2.36. The Balaban J connectivity index is 1.43. The van der Waals surface area contributed by atoms with Crippen molar-refractivity contribution in [1.82, 2.24) is 0 Å². The fourth-order valence-corrected chi connectivity index (χ4v) is 4.51. The topological polar surface area (TPSA) is 105 Å². The number of halogens is 3. The van der Waals surface area contributed by atoms with Gasteiger partial charge >= 0.3 is 11.8 Å². The molecule has 1 aromatic heterocycles. The third-order valence-corrected chi connectivity index (χ3v) is 5.73. The van der Waals surface area contributed by atoms with Gasteiger partial charge in [-0.05, 0) is 39.8 Å². The highest BCUT2D eigenvalue weighted by Gasteiger charge is 2.62. The Hall–Kier alpha value is -2.51. The third kappa shape index (κ3) is 4.09. The molecule has 3 saturated heterocycles.